The number of nitrogens with zero attached hydrogens (tertiary/aromatic N) is 2. The SMILES string of the molecule is CCCC(C)(N)C(=O)Nc1ccc2oc(=O)n(CCN(C)C)c2c1. The molecule has 0 fully saturated rings. The van der Waals surface area contributed by atoms with Crippen LogP contribution in [0.2, 0.25) is 0 Å². The number of nitrogens with one attached hydrogen (secondary N) is 1. The molecule has 7 heteroatoms. The molecule has 0 radical (unpaired) electrons. The highest BCUT2D eigenvalue weighted by atomic mass is 16.4. The number of aromatic nitrogens is 1. The van der Waals surface area contributed by atoms with Crippen molar-refractivity contribution >= 4 is 22.7 Å². The summed E-state index contributed by atoms with van der Waals surface area (Å²) in [4.78, 5) is 26.3. The second kappa shape index (κ2) is 7.19. The number of oxazole rings is 1. The molecule has 0 aliphatic carbocycles. The first-order valence-corrected chi connectivity index (χ1v) is 8.13. The lowest BCUT2D eigenvalue weighted by atomic mass is 9.96. The first kappa shape index (κ1) is 18.2. The smallest absolute Gasteiger partial charge is 0.408 e. The number of rotatable bonds is 7. The molecule has 1 heterocycles. The van der Waals surface area contributed by atoms with Crippen molar-refractivity contribution in [1.29, 1.82) is 0 Å². The van der Waals surface area contributed by atoms with Gasteiger partial charge in [0.25, 0.3) is 0 Å². The lowest BCUT2D eigenvalue weighted by molar-refractivity contribution is -0.120. The van der Waals surface area contributed by atoms with Gasteiger partial charge in [0.15, 0.2) is 5.58 Å². The maximum atomic E-state index is 12.3. The highest BCUT2D eigenvalue weighted by molar-refractivity contribution is 5.98. The summed E-state index contributed by atoms with van der Waals surface area (Å²) < 4.78 is 6.82. The molecule has 24 heavy (non-hydrogen) atoms. The van der Waals surface area contributed by atoms with Gasteiger partial charge in [-0.25, -0.2) is 4.79 Å². The maximum Gasteiger partial charge on any atom is 0.419 e. The summed E-state index contributed by atoms with van der Waals surface area (Å²) in [6, 6.07) is 5.14. The summed E-state index contributed by atoms with van der Waals surface area (Å²) in [7, 11) is 3.88. The first-order chi connectivity index (χ1) is 11.2. The molecule has 3 N–H and O–H groups in total. The van der Waals surface area contributed by atoms with E-state index in [1.165, 1.54) is 0 Å². The highest BCUT2D eigenvalue weighted by Crippen LogP contribution is 2.20. The van der Waals surface area contributed by atoms with Crippen LogP contribution in [0.4, 0.5) is 5.69 Å². The molecular weight excluding hydrogens is 308 g/mol. The Balaban J connectivity index is 2.28. The van der Waals surface area contributed by atoms with Gasteiger partial charge in [-0.05, 0) is 45.6 Å². The van der Waals surface area contributed by atoms with Crippen molar-refractivity contribution in [2.75, 3.05) is 26.0 Å². The lowest BCUT2D eigenvalue weighted by Gasteiger charge is -2.22. The van der Waals surface area contributed by atoms with Crippen LogP contribution in [0, 0.1) is 0 Å². The molecule has 1 unspecified atom stereocenters. The number of benzene rings is 1. The van der Waals surface area contributed by atoms with Gasteiger partial charge in [-0.2, -0.15) is 0 Å². The largest absolute Gasteiger partial charge is 0.419 e. The molecule has 2 rings (SSSR count). The Bertz CT molecular complexity index is 774. The van der Waals surface area contributed by atoms with E-state index in [0.717, 1.165) is 6.42 Å². The summed E-state index contributed by atoms with van der Waals surface area (Å²) >= 11 is 0. The zero-order chi connectivity index (χ0) is 17.9. The first-order valence-electron chi connectivity index (χ1n) is 8.13. The highest BCUT2D eigenvalue weighted by Gasteiger charge is 2.27. The molecule has 0 bridgehead atoms. The monoisotopic (exact) mass is 334 g/mol. The number of amides is 1. The summed E-state index contributed by atoms with van der Waals surface area (Å²) in [5.41, 5.74) is 6.89. The number of anilines is 1. The van der Waals surface area contributed by atoms with E-state index in [4.69, 9.17) is 10.2 Å². The fourth-order valence-corrected chi connectivity index (χ4v) is 2.56. The normalized spacial score (nSPS) is 14.1. The summed E-state index contributed by atoms with van der Waals surface area (Å²) in [5, 5.41) is 2.83. The van der Waals surface area contributed by atoms with Gasteiger partial charge in [-0.3, -0.25) is 9.36 Å². The minimum absolute atomic E-state index is 0.241. The van der Waals surface area contributed by atoms with E-state index in [9.17, 15) is 9.59 Å². The van der Waals surface area contributed by atoms with E-state index in [-0.39, 0.29) is 5.91 Å². The van der Waals surface area contributed by atoms with Crippen LogP contribution in [0.3, 0.4) is 0 Å². The molecule has 0 aliphatic rings. The molecular formula is C17H26N4O3. The summed E-state index contributed by atoms with van der Waals surface area (Å²) in [6.07, 6.45) is 1.42. The number of hydrogen-bond donors (Lipinski definition) is 2. The third kappa shape index (κ3) is 4.04. The quantitative estimate of drug-likeness (QED) is 0.802. The van der Waals surface area contributed by atoms with Gasteiger partial charge >= 0.3 is 5.76 Å². The Labute approximate surface area is 141 Å². The van der Waals surface area contributed by atoms with Crippen molar-refractivity contribution < 1.29 is 9.21 Å². The lowest BCUT2D eigenvalue weighted by Crippen LogP contribution is -2.48. The Morgan fingerprint density at radius 3 is 2.75 bits per heavy atom. The van der Waals surface area contributed by atoms with Crippen molar-refractivity contribution in [1.82, 2.24) is 9.47 Å². The number of carbonyl (C=O) groups excluding carboxylic acids is 1. The van der Waals surface area contributed by atoms with Crippen LogP contribution in [-0.4, -0.2) is 41.6 Å². The number of carbonyl (C=O) groups is 1. The zero-order valence-electron chi connectivity index (χ0n) is 14.8. The minimum Gasteiger partial charge on any atom is -0.408 e. The van der Waals surface area contributed by atoms with Crippen molar-refractivity contribution in [2.45, 2.75) is 38.8 Å². The van der Waals surface area contributed by atoms with E-state index in [1.54, 1.807) is 29.7 Å². The van der Waals surface area contributed by atoms with Gasteiger partial charge in [0.1, 0.15) is 0 Å². The maximum absolute atomic E-state index is 12.3. The van der Waals surface area contributed by atoms with E-state index in [2.05, 4.69) is 5.32 Å². The predicted molar refractivity (Wildman–Crippen MR) is 95.2 cm³/mol. The Morgan fingerprint density at radius 2 is 2.12 bits per heavy atom. The molecule has 7 nitrogen and oxygen atoms in total. The fraction of sp³-hybridized carbons (Fsp3) is 0.529. The zero-order valence-corrected chi connectivity index (χ0v) is 14.8. The van der Waals surface area contributed by atoms with Crippen molar-refractivity contribution in [2.24, 2.45) is 5.73 Å². The topological polar surface area (TPSA) is 93.5 Å². The third-order valence-corrected chi connectivity index (χ3v) is 3.98. The molecule has 1 amide bonds. The molecule has 132 valence electrons. The third-order valence-electron chi connectivity index (χ3n) is 3.98. The van der Waals surface area contributed by atoms with E-state index in [0.29, 0.717) is 36.3 Å². The van der Waals surface area contributed by atoms with Crippen molar-refractivity contribution in [3.05, 3.63) is 28.7 Å². The number of hydrogen-bond acceptors (Lipinski definition) is 5. The van der Waals surface area contributed by atoms with Crippen molar-refractivity contribution in [3.63, 3.8) is 0 Å². The fourth-order valence-electron chi connectivity index (χ4n) is 2.56. The van der Waals surface area contributed by atoms with E-state index < -0.39 is 11.3 Å². The van der Waals surface area contributed by atoms with E-state index in [1.807, 2.05) is 25.9 Å². The second-order valence-corrected chi connectivity index (χ2v) is 6.63. The molecule has 1 atom stereocenters. The second-order valence-electron chi connectivity index (χ2n) is 6.63. The average molecular weight is 334 g/mol. The van der Waals surface area contributed by atoms with Gasteiger partial charge in [-0.15, -0.1) is 0 Å². The van der Waals surface area contributed by atoms with Crippen LogP contribution in [-0.2, 0) is 11.3 Å². The van der Waals surface area contributed by atoms with Crippen LogP contribution in [0.1, 0.15) is 26.7 Å². The Morgan fingerprint density at radius 1 is 1.42 bits per heavy atom. The minimum atomic E-state index is -0.926. The number of nitrogens with two attached hydrogens (primary N) is 1. The Kier molecular flexibility index (Phi) is 5.46. The average Bonchev–Trinajstić information content (AvgIpc) is 2.80. The van der Waals surface area contributed by atoms with Gasteiger partial charge in [0, 0.05) is 18.8 Å². The van der Waals surface area contributed by atoms with E-state index >= 15 is 0 Å². The standard InChI is InChI=1S/C17H26N4O3/c1-5-8-17(2,18)15(22)19-12-6-7-14-13(11-12)21(16(23)24-14)10-9-20(3)4/h6-7,11H,5,8-10,18H2,1-4H3,(H,19,22). The molecule has 0 saturated heterocycles. The number of likely N-dealkylation sites (N-methyl/N-ethyl adjacent to an activating group) is 1. The molecule has 1 aromatic heterocycles. The van der Waals surface area contributed by atoms with Gasteiger partial charge in [-0.1, -0.05) is 13.3 Å². The van der Waals surface area contributed by atoms with Crippen molar-refractivity contribution in [3.8, 4) is 0 Å². The molecule has 2 aromatic rings. The summed E-state index contributed by atoms with van der Waals surface area (Å²) in [5.74, 6) is -0.639. The van der Waals surface area contributed by atoms with Gasteiger partial charge in [0.05, 0.1) is 11.1 Å². The van der Waals surface area contributed by atoms with Crippen LogP contribution in [0.5, 0.6) is 0 Å². The predicted octanol–water partition coefficient (Wildman–Crippen LogP) is 1.61. The van der Waals surface area contributed by atoms with Gasteiger partial charge in [0.2, 0.25) is 5.91 Å². The van der Waals surface area contributed by atoms with Crippen LogP contribution in [0.25, 0.3) is 11.1 Å². The summed E-state index contributed by atoms with van der Waals surface area (Å²) in [6.45, 7) is 4.93. The molecule has 0 saturated carbocycles. The van der Waals surface area contributed by atoms with Crippen LogP contribution >= 0.6 is 0 Å². The van der Waals surface area contributed by atoms with Crippen LogP contribution < -0.4 is 16.8 Å². The number of fused-ring (bicyclic) bond motifs is 1. The molecule has 0 aliphatic heterocycles. The Hall–Kier alpha value is -2.12. The van der Waals surface area contributed by atoms with Gasteiger partial charge < -0.3 is 20.4 Å². The van der Waals surface area contributed by atoms with Crippen LogP contribution in [0.15, 0.2) is 27.4 Å². The molecule has 1 aromatic carbocycles. The molecule has 0 spiro atoms.